The number of nitrogens with zero attached hydrogens (tertiary/aromatic N) is 3. The van der Waals surface area contributed by atoms with Gasteiger partial charge in [-0.3, -0.25) is 14.4 Å². The van der Waals surface area contributed by atoms with Crippen molar-refractivity contribution in [3.63, 3.8) is 0 Å². The van der Waals surface area contributed by atoms with E-state index in [0.717, 1.165) is 16.6 Å². The highest BCUT2D eigenvalue weighted by Crippen LogP contribution is 2.39. The molecular formula is C19H23N3O6. The van der Waals surface area contributed by atoms with Crippen molar-refractivity contribution in [1.29, 1.82) is 0 Å². The third-order valence-corrected chi connectivity index (χ3v) is 4.81. The number of esters is 3. The topological polar surface area (TPSA) is 110 Å². The van der Waals surface area contributed by atoms with Gasteiger partial charge in [-0.1, -0.05) is 0 Å². The molecule has 9 heteroatoms. The number of aryl methyl sites for hydroxylation is 2. The summed E-state index contributed by atoms with van der Waals surface area (Å²) in [5.74, 6) is -1.57. The Bertz CT molecular complexity index is 937. The van der Waals surface area contributed by atoms with E-state index in [1.54, 1.807) is 0 Å². The summed E-state index contributed by atoms with van der Waals surface area (Å²) in [7, 11) is 0. The predicted octanol–water partition coefficient (Wildman–Crippen LogP) is 1.79. The fourth-order valence-corrected chi connectivity index (χ4v) is 3.91. The third-order valence-electron chi connectivity index (χ3n) is 4.81. The smallest absolute Gasteiger partial charge is 0.303 e. The third kappa shape index (κ3) is 3.69. The molecule has 0 spiro atoms. The molecule has 2 aromatic rings. The number of carbonyl (C=O) groups excluding carboxylic acids is 3. The van der Waals surface area contributed by atoms with Crippen LogP contribution in [0.1, 0.15) is 44.5 Å². The van der Waals surface area contributed by atoms with Gasteiger partial charge in [0.25, 0.3) is 0 Å². The Morgan fingerprint density at radius 1 is 0.964 bits per heavy atom. The maximum atomic E-state index is 11.8. The summed E-state index contributed by atoms with van der Waals surface area (Å²) in [5.41, 5.74) is 2.48. The van der Waals surface area contributed by atoms with Crippen molar-refractivity contribution in [3.8, 4) is 0 Å². The van der Waals surface area contributed by atoms with E-state index in [4.69, 9.17) is 14.2 Å². The van der Waals surface area contributed by atoms with Crippen molar-refractivity contribution in [1.82, 2.24) is 14.5 Å². The quantitative estimate of drug-likeness (QED) is 0.575. The summed E-state index contributed by atoms with van der Waals surface area (Å²) >= 11 is 0. The minimum Gasteiger partial charge on any atom is -0.458 e. The molecule has 0 N–H and O–H groups in total. The lowest BCUT2D eigenvalue weighted by atomic mass is 10.2. The van der Waals surface area contributed by atoms with E-state index in [1.807, 2.05) is 24.6 Å². The standard InChI is InChI=1S/C19H23N3O6/c1-9-7-22(19-16(9)10(2)20-8-21-19)14-6-15(26-11(3)23)18(28-13(5)25)17(14)27-12(4)24/h7-8,14-15,17-18H,6H2,1-5H3. The molecule has 0 aliphatic heterocycles. The molecule has 1 aliphatic rings. The van der Waals surface area contributed by atoms with Crippen molar-refractivity contribution in [2.75, 3.05) is 0 Å². The molecule has 9 nitrogen and oxygen atoms in total. The van der Waals surface area contributed by atoms with Crippen LogP contribution < -0.4 is 0 Å². The monoisotopic (exact) mass is 389 g/mol. The normalized spacial score (nSPS) is 24.2. The summed E-state index contributed by atoms with van der Waals surface area (Å²) in [4.78, 5) is 43.6. The zero-order valence-electron chi connectivity index (χ0n) is 16.5. The Morgan fingerprint density at radius 3 is 2.18 bits per heavy atom. The first-order valence-electron chi connectivity index (χ1n) is 8.99. The number of rotatable bonds is 4. The Balaban J connectivity index is 2.09. The van der Waals surface area contributed by atoms with Gasteiger partial charge in [-0.05, 0) is 19.4 Å². The molecule has 0 aromatic carbocycles. The maximum absolute atomic E-state index is 11.8. The van der Waals surface area contributed by atoms with Gasteiger partial charge in [0.15, 0.2) is 12.2 Å². The van der Waals surface area contributed by atoms with Gasteiger partial charge in [0.1, 0.15) is 18.1 Å². The molecule has 4 atom stereocenters. The van der Waals surface area contributed by atoms with E-state index in [0.29, 0.717) is 12.1 Å². The Kier molecular flexibility index (Phi) is 5.35. The largest absolute Gasteiger partial charge is 0.458 e. The van der Waals surface area contributed by atoms with Crippen molar-refractivity contribution >= 4 is 28.9 Å². The van der Waals surface area contributed by atoms with Crippen molar-refractivity contribution in [2.45, 2.75) is 65.4 Å². The highest BCUT2D eigenvalue weighted by atomic mass is 16.6. The van der Waals surface area contributed by atoms with E-state index in [1.165, 1.54) is 27.1 Å². The molecule has 0 radical (unpaired) electrons. The molecule has 1 fully saturated rings. The van der Waals surface area contributed by atoms with Gasteiger partial charge < -0.3 is 18.8 Å². The number of carbonyl (C=O) groups is 3. The predicted molar refractivity (Wildman–Crippen MR) is 97.3 cm³/mol. The fourth-order valence-electron chi connectivity index (χ4n) is 3.91. The first-order valence-corrected chi connectivity index (χ1v) is 8.99. The molecule has 0 bridgehead atoms. The van der Waals surface area contributed by atoms with Crippen molar-refractivity contribution < 1.29 is 28.6 Å². The summed E-state index contributed by atoms with van der Waals surface area (Å²) in [6.07, 6.45) is 1.20. The molecule has 4 unspecified atom stereocenters. The van der Waals surface area contributed by atoms with Gasteiger partial charge in [0.2, 0.25) is 0 Å². The Morgan fingerprint density at radius 2 is 1.57 bits per heavy atom. The van der Waals surface area contributed by atoms with Gasteiger partial charge in [-0.25, -0.2) is 9.97 Å². The van der Waals surface area contributed by atoms with E-state index >= 15 is 0 Å². The van der Waals surface area contributed by atoms with E-state index in [2.05, 4.69) is 9.97 Å². The second-order valence-electron chi connectivity index (χ2n) is 6.98. The highest BCUT2D eigenvalue weighted by Gasteiger charge is 2.51. The number of ether oxygens (including phenoxy) is 3. The summed E-state index contributed by atoms with van der Waals surface area (Å²) < 4.78 is 18.2. The first-order chi connectivity index (χ1) is 13.2. The van der Waals surface area contributed by atoms with Crippen LogP contribution in [0.3, 0.4) is 0 Å². The second-order valence-corrected chi connectivity index (χ2v) is 6.98. The molecular weight excluding hydrogens is 366 g/mol. The minimum atomic E-state index is -0.906. The molecule has 150 valence electrons. The zero-order valence-corrected chi connectivity index (χ0v) is 16.5. The van der Waals surface area contributed by atoms with E-state index in [-0.39, 0.29) is 0 Å². The Hall–Kier alpha value is -2.97. The SMILES string of the molecule is CC(=O)OC1CC(n2cc(C)c3c(C)ncnc32)C(OC(C)=O)C1OC(C)=O. The lowest BCUT2D eigenvalue weighted by Crippen LogP contribution is -2.40. The first kappa shape index (κ1) is 19.8. The zero-order chi connectivity index (χ0) is 20.6. The van der Waals surface area contributed by atoms with Crippen LogP contribution in [0.2, 0.25) is 0 Å². The summed E-state index contributed by atoms with van der Waals surface area (Å²) in [5, 5.41) is 0.907. The van der Waals surface area contributed by atoms with Crippen LogP contribution in [0.5, 0.6) is 0 Å². The molecule has 2 heterocycles. The van der Waals surface area contributed by atoms with Gasteiger partial charge in [-0.2, -0.15) is 0 Å². The average molecular weight is 389 g/mol. The van der Waals surface area contributed by atoms with Crippen LogP contribution in [0.15, 0.2) is 12.5 Å². The number of aromatic nitrogens is 3. The van der Waals surface area contributed by atoms with Gasteiger partial charge >= 0.3 is 17.9 Å². The van der Waals surface area contributed by atoms with Crippen LogP contribution in [0, 0.1) is 13.8 Å². The van der Waals surface area contributed by atoms with Crippen LogP contribution in [0.25, 0.3) is 11.0 Å². The van der Waals surface area contributed by atoms with E-state index < -0.39 is 42.3 Å². The fraction of sp³-hybridized carbons (Fsp3) is 0.526. The highest BCUT2D eigenvalue weighted by molar-refractivity contribution is 5.82. The van der Waals surface area contributed by atoms with Crippen LogP contribution in [-0.2, 0) is 28.6 Å². The minimum absolute atomic E-state index is 0.307. The lowest BCUT2D eigenvalue weighted by molar-refractivity contribution is -0.175. The number of fused-ring (bicyclic) bond motifs is 1. The maximum Gasteiger partial charge on any atom is 0.303 e. The lowest BCUT2D eigenvalue weighted by Gasteiger charge is -2.26. The molecule has 3 rings (SSSR count). The number of hydrogen-bond acceptors (Lipinski definition) is 8. The van der Waals surface area contributed by atoms with Gasteiger partial charge in [0.05, 0.1) is 11.7 Å². The number of hydrogen-bond donors (Lipinski definition) is 0. The molecule has 0 saturated heterocycles. The summed E-state index contributed by atoms with van der Waals surface area (Å²) in [6, 6.07) is -0.428. The van der Waals surface area contributed by atoms with Crippen molar-refractivity contribution in [3.05, 3.63) is 23.8 Å². The molecule has 0 amide bonds. The van der Waals surface area contributed by atoms with Crippen LogP contribution in [-0.4, -0.2) is 50.8 Å². The molecule has 1 saturated carbocycles. The van der Waals surface area contributed by atoms with Crippen LogP contribution in [0.4, 0.5) is 0 Å². The van der Waals surface area contributed by atoms with E-state index in [9.17, 15) is 14.4 Å². The van der Waals surface area contributed by atoms with Crippen LogP contribution >= 0.6 is 0 Å². The summed E-state index contributed by atoms with van der Waals surface area (Å²) in [6.45, 7) is 7.66. The molecule has 1 aliphatic carbocycles. The van der Waals surface area contributed by atoms with Gasteiger partial charge in [-0.15, -0.1) is 0 Å². The van der Waals surface area contributed by atoms with Gasteiger partial charge in [0, 0.05) is 38.8 Å². The molecule has 2 aromatic heterocycles. The second kappa shape index (κ2) is 7.57. The molecule has 28 heavy (non-hydrogen) atoms. The Labute approximate surface area is 162 Å². The van der Waals surface area contributed by atoms with Crippen molar-refractivity contribution in [2.24, 2.45) is 0 Å². The average Bonchev–Trinajstić information content (AvgIpc) is 3.06.